The van der Waals surface area contributed by atoms with Crippen molar-refractivity contribution in [3.63, 3.8) is 0 Å². The fraction of sp³-hybridized carbons (Fsp3) is 0.575. The summed E-state index contributed by atoms with van der Waals surface area (Å²) in [6.45, 7) is 4.05. The number of nitrogens with one attached hydrogen (secondary N) is 6. The van der Waals surface area contributed by atoms with Crippen molar-refractivity contribution in [2.24, 2.45) is 28.1 Å². The van der Waals surface area contributed by atoms with E-state index in [9.17, 15) is 63.3 Å². The first kappa shape index (κ1) is 53.3. The first-order valence-electron chi connectivity index (χ1n) is 20.7. The molecule has 1 saturated heterocycles. The molecular formula is C40H61N11O13. The highest BCUT2D eigenvalue weighted by Crippen LogP contribution is 2.21. The maximum Gasteiger partial charge on any atom is 0.326 e. The molecule has 7 amide bonds. The minimum atomic E-state index is -1.75. The van der Waals surface area contributed by atoms with Crippen LogP contribution < -0.4 is 49.1 Å². The monoisotopic (exact) mass is 903 g/mol. The molecule has 354 valence electrons. The maximum absolute atomic E-state index is 14.2. The standard InChI is InChI=1S/C40H61N11O13/c1-4-21(2)32(50-33(57)22(3)41)37(61)49-26(19-31(55)56)35(59)48-25(12-8-16-44-40(42)43)38(62)51-17-9-13-28(51)36(60)47-24(14-15-30(53)54)34(58)45-20-29(52)46-27(39(63)64)18-23-10-6-5-7-11-23/h5-7,10-11,21-22,24-28,32H,4,8-9,12-20,41H2,1-3H3,(H,45,58)(H,46,52)(H,47,60)(H,48,59)(H,49,61)(H,50,57)(H,53,54)(H,55,56)(H,63,64)(H4,42,43,44)/t21-,22-,24-,25-,26-,27-,28-,32-/m0/s1. The van der Waals surface area contributed by atoms with E-state index in [1.165, 1.54) is 6.92 Å². The third kappa shape index (κ3) is 18.2. The number of carboxylic acid groups (broad SMARTS) is 3. The summed E-state index contributed by atoms with van der Waals surface area (Å²) in [6.07, 6.45) is -1.31. The number of likely N-dealkylation sites (tertiary alicyclic amines) is 1. The van der Waals surface area contributed by atoms with Gasteiger partial charge in [-0.15, -0.1) is 0 Å². The molecule has 0 saturated carbocycles. The molecule has 0 aliphatic carbocycles. The van der Waals surface area contributed by atoms with Crippen LogP contribution in [0.5, 0.6) is 0 Å². The predicted octanol–water partition coefficient (Wildman–Crippen LogP) is -3.37. The summed E-state index contributed by atoms with van der Waals surface area (Å²) >= 11 is 0. The van der Waals surface area contributed by atoms with E-state index >= 15 is 0 Å². The van der Waals surface area contributed by atoms with E-state index < -0.39 is 133 Å². The van der Waals surface area contributed by atoms with E-state index in [1.54, 1.807) is 44.2 Å². The Balaban J connectivity index is 2.29. The van der Waals surface area contributed by atoms with E-state index in [2.05, 4.69) is 36.9 Å². The van der Waals surface area contributed by atoms with E-state index in [0.717, 1.165) is 4.90 Å². The molecule has 1 aliphatic heterocycles. The first-order chi connectivity index (χ1) is 30.1. The number of guanidine groups is 1. The molecule has 1 aromatic rings. The van der Waals surface area contributed by atoms with Gasteiger partial charge in [0.2, 0.25) is 41.4 Å². The lowest BCUT2D eigenvalue weighted by Gasteiger charge is -2.31. The molecule has 8 atom stereocenters. The second-order valence-electron chi connectivity index (χ2n) is 15.4. The van der Waals surface area contributed by atoms with Gasteiger partial charge in [0.25, 0.3) is 0 Å². The molecule has 0 bridgehead atoms. The number of nitrogens with two attached hydrogens (primary N) is 3. The number of nitrogens with zero attached hydrogens (tertiary/aromatic N) is 2. The summed E-state index contributed by atoms with van der Waals surface area (Å²) in [5, 5.41) is 43.0. The summed E-state index contributed by atoms with van der Waals surface area (Å²) in [5.41, 5.74) is 17.1. The highest BCUT2D eigenvalue weighted by Gasteiger charge is 2.40. The lowest BCUT2D eigenvalue weighted by atomic mass is 9.97. The highest BCUT2D eigenvalue weighted by atomic mass is 16.4. The quantitative estimate of drug-likeness (QED) is 0.0233. The summed E-state index contributed by atoms with van der Waals surface area (Å²) in [6, 6.07) is -1.04. The lowest BCUT2D eigenvalue weighted by molar-refractivity contribution is -0.144. The van der Waals surface area contributed by atoms with Crippen LogP contribution in [0.25, 0.3) is 0 Å². The molecule has 1 heterocycles. The Hall–Kier alpha value is -6.85. The van der Waals surface area contributed by atoms with Gasteiger partial charge in [0.1, 0.15) is 36.3 Å². The molecule has 24 heteroatoms. The van der Waals surface area contributed by atoms with Gasteiger partial charge in [0, 0.05) is 25.9 Å². The Morgan fingerprint density at radius 2 is 1.44 bits per heavy atom. The van der Waals surface area contributed by atoms with Crippen LogP contribution in [0.15, 0.2) is 35.3 Å². The average Bonchev–Trinajstić information content (AvgIpc) is 3.73. The van der Waals surface area contributed by atoms with Crippen molar-refractivity contribution in [3.8, 4) is 0 Å². The van der Waals surface area contributed by atoms with Gasteiger partial charge in [-0.1, -0.05) is 50.6 Å². The number of aliphatic imine (C=N–C) groups is 1. The number of benzene rings is 1. The van der Waals surface area contributed by atoms with Crippen molar-refractivity contribution < 1.29 is 63.3 Å². The van der Waals surface area contributed by atoms with Gasteiger partial charge in [-0.25, -0.2) is 4.79 Å². The van der Waals surface area contributed by atoms with Gasteiger partial charge in [-0.3, -0.25) is 48.1 Å². The van der Waals surface area contributed by atoms with E-state index in [4.69, 9.17) is 17.2 Å². The zero-order valence-electron chi connectivity index (χ0n) is 36.0. The van der Waals surface area contributed by atoms with Crippen LogP contribution in [0.1, 0.15) is 77.7 Å². The molecule has 0 unspecified atom stereocenters. The second kappa shape index (κ2) is 26.6. The fourth-order valence-electron chi connectivity index (χ4n) is 6.56. The third-order valence-corrected chi connectivity index (χ3v) is 10.2. The summed E-state index contributed by atoms with van der Waals surface area (Å²) in [4.78, 5) is 134. The van der Waals surface area contributed by atoms with Crippen molar-refractivity contribution in [1.82, 2.24) is 36.8 Å². The molecule has 15 N–H and O–H groups in total. The number of carbonyl (C=O) groups is 10. The van der Waals surface area contributed by atoms with Gasteiger partial charge in [0.15, 0.2) is 5.96 Å². The highest BCUT2D eigenvalue weighted by molar-refractivity contribution is 5.98. The largest absolute Gasteiger partial charge is 0.481 e. The SMILES string of the molecule is CC[C@H](C)[C@H](NC(=O)[C@H](C)N)C(=O)N[C@@H](CC(=O)O)C(=O)N[C@@H](CCCN=C(N)N)C(=O)N1CCC[C@H]1C(=O)N[C@@H](CCC(=O)O)C(=O)NCC(=O)N[C@@H](Cc1ccccc1)C(=O)O. The maximum atomic E-state index is 14.2. The normalized spacial score (nSPS) is 16.5. The Morgan fingerprint density at radius 3 is 2.02 bits per heavy atom. The Kier molecular flexibility index (Phi) is 22.1. The fourth-order valence-corrected chi connectivity index (χ4v) is 6.56. The summed E-state index contributed by atoms with van der Waals surface area (Å²) in [5.74, 6) is -11.0. The van der Waals surface area contributed by atoms with Crippen LogP contribution in [-0.4, -0.2) is 147 Å². The zero-order chi connectivity index (χ0) is 48.1. The molecule has 0 spiro atoms. The molecular weight excluding hydrogens is 843 g/mol. The molecule has 24 nitrogen and oxygen atoms in total. The van der Waals surface area contributed by atoms with Crippen LogP contribution >= 0.6 is 0 Å². The Bertz CT molecular complexity index is 1860. The van der Waals surface area contributed by atoms with Crippen LogP contribution in [-0.2, 0) is 54.4 Å². The average molecular weight is 904 g/mol. The van der Waals surface area contributed by atoms with E-state index in [0.29, 0.717) is 12.0 Å². The van der Waals surface area contributed by atoms with Crippen molar-refractivity contribution >= 4 is 65.2 Å². The Morgan fingerprint density at radius 1 is 0.781 bits per heavy atom. The van der Waals surface area contributed by atoms with Gasteiger partial charge in [0.05, 0.1) is 19.0 Å². The Labute approximate surface area is 369 Å². The number of hydrogen-bond donors (Lipinski definition) is 12. The van der Waals surface area contributed by atoms with Crippen molar-refractivity contribution in [2.75, 3.05) is 19.6 Å². The van der Waals surface area contributed by atoms with Crippen molar-refractivity contribution in [1.29, 1.82) is 0 Å². The summed E-state index contributed by atoms with van der Waals surface area (Å²) < 4.78 is 0. The van der Waals surface area contributed by atoms with Gasteiger partial charge in [-0.2, -0.15) is 0 Å². The van der Waals surface area contributed by atoms with Crippen LogP contribution in [0.3, 0.4) is 0 Å². The minimum absolute atomic E-state index is 0.000575. The number of rotatable bonds is 27. The van der Waals surface area contributed by atoms with Gasteiger partial charge < -0.3 is 69.3 Å². The number of hydrogen-bond acceptors (Lipinski definition) is 12. The minimum Gasteiger partial charge on any atom is -0.481 e. The number of amides is 7. The topological polar surface area (TPSA) is 397 Å². The lowest BCUT2D eigenvalue weighted by Crippen LogP contribution is -2.60. The first-order valence-corrected chi connectivity index (χ1v) is 20.7. The third-order valence-electron chi connectivity index (χ3n) is 10.2. The predicted molar refractivity (Wildman–Crippen MR) is 227 cm³/mol. The van der Waals surface area contributed by atoms with Crippen molar-refractivity contribution in [2.45, 2.75) is 121 Å². The van der Waals surface area contributed by atoms with Crippen molar-refractivity contribution in [3.05, 3.63) is 35.9 Å². The van der Waals surface area contributed by atoms with Crippen LogP contribution in [0, 0.1) is 5.92 Å². The van der Waals surface area contributed by atoms with E-state index in [1.807, 2.05) is 0 Å². The molecule has 0 radical (unpaired) electrons. The van der Waals surface area contributed by atoms with E-state index in [-0.39, 0.29) is 51.2 Å². The van der Waals surface area contributed by atoms with Crippen LogP contribution in [0.4, 0.5) is 0 Å². The number of carbonyl (C=O) groups excluding carboxylic acids is 7. The second-order valence-corrected chi connectivity index (χ2v) is 15.4. The number of carboxylic acids is 3. The smallest absolute Gasteiger partial charge is 0.326 e. The molecule has 1 fully saturated rings. The number of aliphatic carboxylic acids is 3. The summed E-state index contributed by atoms with van der Waals surface area (Å²) in [7, 11) is 0. The molecule has 1 aromatic carbocycles. The van der Waals surface area contributed by atoms with Gasteiger partial charge in [-0.05, 0) is 50.5 Å². The van der Waals surface area contributed by atoms with Crippen LogP contribution in [0.2, 0.25) is 0 Å². The molecule has 64 heavy (non-hydrogen) atoms. The zero-order valence-corrected chi connectivity index (χ0v) is 36.0. The molecule has 0 aromatic heterocycles. The molecule has 1 aliphatic rings. The van der Waals surface area contributed by atoms with Gasteiger partial charge >= 0.3 is 17.9 Å². The molecule has 2 rings (SSSR count).